The van der Waals surface area contributed by atoms with Gasteiger partial charge in [0.1, 0.15) is 6.04 Å². The number of alkyl halides is 2. The molecule has 0 saturated heterocycles. The molecular formula is C6H7F2NO. The van der Waals surface area contributed by atoms with E-state index in [0.717, 1.165) is 6.08 Å². The lowest BCUT2D eigenvalue weighted by molar-refractivity contribution is -0.00568. The van der Waals surface area contributed by atoms with Crippen molar-refractivity contribution in [2.24, 2.45) is 4.99 Å². The van der Waals surface area contributed by atoms with Crippen LogP contribution in [-0.2, 0) is 4.79 Å². The Morgan fingerprint density at radius 1 is 1.60 bits per heavy atom. The minimum absolute atomic E-state index is 0.150. The molecule has 56 valence electrons. The lowest BCUT2D eigenvalue weighted by Crippen LogP contribution is -2.24. The summed E-state index contributed by atoms with van der Waals surface area (Å²) in [7, 11) is 0. The molecule has 0 N–H and O–H groups in total. The second-order valence-corrected chi connectivity index (χ2v) is 2.39. The van der Waals surface area contributed by atoms with Crippen molar-refractivity contribution in [1.82, 2.24) is 0 Å². The molecule has 1 aliphatic rings. The average Bonchev–Trinajstić information content (AvgIpc) is 2.13. The van der Waals surface area contributed by atoms with E-state index < -0.39 is 12.0 Å². The van der Waals surface area contributed by atoms with Gasteiger partial charge in [0.2, 0.25) is 6.08 Å². The molecule has 0 aliphatic heterocycles. The predicted octanol–water partition coefficient (Wildman–Crippen LogP) is 1.51. The molecule has 0 amide bonds. The maximum Gasteiger partial charge on any atom is 0.270 e. The average molecular weight is 147 g/mol. The Morgan fingerprint density at radius 3 is 2.70 bits per heavy atom. The Labute approximate surface area is 56.9 Å². The van der Waals surface area contributed by atoms with Crippen LogP contribution in [0.25, 0.3) is 0 Å². The molecule has 0 aromatic carbocycles. The summed E-state index contributed by atoms with van der Waals surface area (Å²) in [5, 5.41) is 0. The van der Waals surface area contributed by atoms with E-state index >= 15 is 0 Å². The molecule has 1 unspecified atom stereocenters. The van der Waals surface area contributed by atoms with Crippen molar-refractivity contribution in [3.63, 3.8) is 0 Å². The first-order valence-corrected chi connectivity index (χ1v) is 3.11. The first-order chi connectivity index (χ1) is 4.67. The maximum absolute atomic E-state index is 12.5. The zero-order valence-electron chi connectivity index (χ0n) is 5.31. The molecular weight excluding hydrogens is 140 g/mol. The molecule has 0 radical (unpaired) electrons. The van der Waals surface area contributed by atoms with Gasteiger partial charge in [-0.1, -0.05) is 0 Å². The number of halogens is 2. The number of isocyanates is 1. The molecule has 10 heavy (non-hydrogen) atoms. The molecule has 0 bridgehead atoms. The second kappa shape index (κ2) is 2.46. The van der Waals surface area contributed by atoms with Gasteiger partial charge >= 0.3 is 0 Å². The van der Waals surface area contributed by atoms with Gasteiger partial charge in [-0.3, -0.25) is 0 Å². The van der Waals surface area contributed by atoms with E-state index in [2.05, 4.69) is 4.99 Å². The van der Waals surface area contributed by atoms with Crippen LogP contribution in [0.15, 0.2) is 4.99 Å². The first kappa shape index (κ1) is 7.35. The number of carbonyl (C=O) groups excluding carboxylic acids is 1. The van der Waals surface area contributed by atoms with Gasteiger partial charge in [-0.05, 0) is 12.8 Å². The summed E-state index contributed by atoms with van der Waals surface area (Å²) in [5.74, 6) is -2.77. The van der Waals surface area contributed by atoms with E-state index in [0.29, 0.717) is 12.8 Å². The van der Waals surface area contributed by atoms with Crippen molar-refractivity contribution in [2.75, 3.05) is 0 Å². The Morgan fingerprint density at radius 2 is 2.30 bits per heavy atom. The fraction of sp³-hybridized carbons (Fsp3) is 0.833. The summed E-state index contributed by atoms with van der Waals surface area (Å²) in [6, 6.07) is -1.11. The Bertz CT molecular complexity index is 175. The van der Waals surface area contributed by atoms with Crippen molar-refractivity contribution in [3.05, 3.63) is 0 Å². The lowest BCUT2D eigenvalue weighted by Gasteiger charge is -2.11. The minimum atomic E-state index is -2.77. The number of hydrogen-bond donors (Lipinski definition) is 0. The standard InChI is InChI=1S/C6H7F2NO/c7-6(8)3-1-2-5(6)9-4-10/h5H,1-3H2. The molecule has 1 fully saturated rings. The van der Waals surface area contributed by atoms with Crippen LogP contribution in [0.5, 0.6) is 0 Å². The summed E-state index contributed by atoms with van der Waals surface area (Å²) in [5.41, 5.74) is 0. The Balaban J connectivity index is 2.68. The molecule has 0 spiro atoms. The van der Waals surface area contributed by atoms with Crippen molar-refractivity contribution in [3.8, 4) is 0 Å². The van der Waals surface area contributed by atoms with Crippen LogP contribution < -0.4 is 0 Å². The number of hydrogen-bond acceptors (Lipinski definition) is 2. The molecule has 0 heterocycles. The molecule has 1 aliphatic carbocycles. The van der Waals surface area contributed by atoms with E-state index in [1.807, 2.05) is 0 Å². The quantitative estimate of drug-likeness (QED) is 0.408. The lowest BCUT2D eigenvalue weighted by atomic mass is 10.2. The molecule has 0 aromatic heterocycles. The zero-order chi connectivity index (χ0) is 7.61. The maximum atomic E-state index is 12.5. The largest absolute Gasteiger partial charge is 0.270 e. The summed E-state index contributed by atoms with van der Waals surface area (Å²) >= 11 is 0. The molecule has 1 atom stereocenters. The van der Waals surface area contributed by atoms with Crippen molar-refractivity contribution in [2.45, 2.75) is 31.2 Å². The van der Waals surface area contributed by atoms with Gasteiger partial charge in [-0.25, -0.2) is 13.6 Å². The summed E-state index contributed by atoms with van der Waals surface area (Å²) in [6.07, 6.45) is 1.77. The van der Waals surface area contributed by atoms with Gasteiger partial charge in [0.05, 0.1) is 0 Å². The third-order valence-electron chi connectivity index (χ3n) is 1.68. The zero-order valence-corrected chi connectivity index (χ0v) is 5.31. The van der Waals surface area contributed by atoms with E-state index in [9.17, 15) is 13.6 Å². The van der Waals surface area contributed by atoms with Crippen LogP contribution >= 0.6 is 0 Å². The monoisotopic (exact) mass is 147 g/mol. The number of aliphatic imine (C=N–C) groups is 1. The normalized spacial score (nSPS) is 29.6. The summed E-state index contributed by atoms with van der Waals surface area (Å²) in [4.78, 5) is 12.6. The summed E-state index contributed by atoms with van der Waals surface area (Å²) in [6.45, 7) is 0. The highest BCUT2D eigenvalue weighted by Crippen LogP contribution is 2.36. The van der Waals surface area contributed by atoms with Crippen LogP contribution in [0.4, 0.5) is 8.78 Å². The van der Waals surface area contributed by atoms with E-state index in [1.165, 1.54) is 0 Å². The fourth-order valence-corrected chi connectivity index (χ4v) is 1.13. The Kier molecular flexibility index (Phi) is 1.81. The topological polar surface area (TPSA) is 29.4 Å². The van der Waals surface area contributed by atoms with Crippen LogP contribution in [0.3, 0.4) is 0 Å². The number of rotatable bonds is 1. The van der Waals surface area contributed by atoms with E-state index in [4.69, 9.17) is 0 Å². The van der Waals surface area contributed by atoms with Crippen LogP contribution in [0.1, 0.15) is 19.3 Å². The van der Waals surface area contributed by atoms with Gasteiger partial charge < -0.3 is 0 Å². The SMILES string of the molecule is O=C=NC1CCCC1(F)F. The van der Waals surface area contributed by atoms with Gasteiger partial charge in [0.25, 0.3) is 5.92 Å². The van der Waals surface area contributed by atoms with E-state index in [1.54, 1.807) is 0 Å². The third-order valence-corrected chi connectivity index (χ3v) is 1.68. The van der Waals surface area contributed by atoms with Crippen LogP contribution in [0, 0.1) is 0 Å². The molecule has 0 aromatic rings. The van der Waals surface area contributed by atoms with Crippen molar-refractivity contribution in [1.29, 1.82) is 0 Å². The predicted molar refractivity (Wildman–Crippen MR) is 30.7 cm³/mol. The highest BCUT2D eigenvalue weighted by Gasteiger charge is 2.43. The Hall–Kier alpha value is -0.760. The molecule has 4 heteroatoms. The first-order valence-electron chi connectivity index (χ1n) is 3.11. The molecule has 2 nitrogen and oxygen atoms in total. The smallest absolute Gasteiger partial charge is 0.211 e. The van der Waals surface area contributed by atoms with E-state index in [-0.39, 0.29) is 6.42 Å². The minimum Gasteiger partial charge on any atom is -0.211 e. The molecule has 1 saturated carbocycles. The number of nitrogens with zero attached hydrogens (tertiary/aromatic N) is 1. The van der Waals surface area contributed by atoms with Crippen LogP contribution in [-0.4, -0.2) is 18.0 Å². The van der Waals surface area contributed by atoms with Crippen molar-refractivity contribution < 1.29 is 13.6 Å². The molecule has 1 rings (SSSR count). The third kappa shape index (κ3) is 1.21. The van der Waals surface area contributed by atoms with Crippen molar-refractivity contribution >= 4 is 6.08 Å². The van der Waals surface area contributed by atoms with Crippen LogP contribution in [0.2, 0.25) is 0 Å². The second-order valence-electron chi connectivity index (χ2n) is 2.39. The highest BCUT2D eigenvalue weighted by molar-refractivity contribution is 5.34. The van der Waals surface area contributed by atoms with Gasteiger partial charge in [0.15, 0.2) is 0 Å². The fourth-order valence-electron chi connectivity index (χ4n) is 1.13. The summed E-state index contributed by atoms with van der Waals surface area (Å²) < 4.78 is 25.0. The van der Waals surface area contributed by atoms with Gasteiger partial charge in [-0.2, -0.15) is 4.99 Å². The van der Waals surface area contributed by atoms with Gasteiger partial charge in [-0.15, -0.1) is 0 Å². The van der Waals surface area contributed by atoms with Gasteiger partial charge in [0, 0.05) is 6.42 Å². The highest BCUT2D eigenvalue weighted by atomic mass is 19.3.